The van der Waals surface area contributed by atoms with Crippen LogP contribution in [0.5, 0.6) is 0 Å². The highest BCUT2D eigenvalue weighted by Gasteiger charge is 2.34. The largest absolute Gasteiger partial charge is 0.401 e. The summed E-state index contributed by atoms with van der Waals surface area (Å²) in [7, 11) is 0. The predicted molar refractivity (Wildman–Crippen MR) is 61.3 cm³/mol. The first kappa shape index (κ1) is 11.2. The quantitative estimate of drug-likeness (QED) is 0.678. The number of rotatable bonds is 3. The Morgan fingerprint density at radius 3 is 2.50 bits per heavy atom. The highest BCUT2D eigenvalue weighted by molar-refractivity contribution is 5.20. The molecular formula is C12H22N2. The summed E-state index contributed by atoms with van der Waals surface area (Å²) in [6, 6.07) is 0. The molecule has 0 heterocycles. The molecule has 1 aliphatic rings. The summed E-state index contributed by atoms with van der Waals surface area (Å²) >= 11 is 0. The fourth-order valence-electron chi connectivity index (χ4n) is 2.19. The van der Waals surface area contributed by atoms with E-state index in [1.54, 1.807) is 0 Å². The smallest absolute Gasteiger partial charge is 0.0498 e. The van der Waals surface area contributed by atoms with Crippen molar-refractivity contribution in [1.29, 1.82) is 0 Å². The summed E-state index contributed by atoms with van der Waals surface area (Å²) in [6.07, 6.45) is 6.83. The van der Waals surface area contributed by atoms with Gasteiger partial charge < -0.3 is 11.5 Å². The van der Waals surface area contributed by atoms with Gasteiger partial charge in [0, 0.05) is 11.4 Å². The maximum absolute atomic E-state index is 5.74. The molecular weight excluding hydrogens is 172 g/mol. The number of nitrogens with two attached hydrogens (primary N) is 2. The van der Waals surface area contributed by atoms with Crippen molar-refractivity contribution in [2.24, 2.45) is 29.2 Å². The molecule has 0 aliphatic heterocycles. The third-order valence-corrected chi connectivity index (χ3v) is 3.35. The first-order valence-electron chi connectivity index (χ1n) is 5.46. The van der Waals surface area contributed by atoms with Crippen LogP contribution in [0, 0.1) is 17.8 Å². The molecule has 2 nitrogen and oxygen atoms in total. The zero-order chi connectivity index (χ0) is 10.7. The van der Waals surface area contributed by atoms with Crippen molar-refractivity contribution >= 4 is 0 Å². The molecule has 0 amide bonds. The summed E-state index contributed by atoms with van der Waals surface area (Å²) in [5.74, 6) is 2.37. The first-order valence-corrected chi connectivity index (χ1v) is 5.46. The molecule has 1 rings (SSSR count). The SMILES string of the molecule is CCC1CC(C)C1/C=C\C(N)=C(/C)N. The van der Waals surface area contributed by atoms with Crippen molar-refractivity contribution in [3.8, 4) is 0 Å². The van der Waals surface area contributed by atoms with Crippen molar-refractivity contribution in [2.75, 3.05) is 0 Å². The Balaban J connectivity index is 2.55. The molecule has 0 radical (unpaired) electrons. The molecule has 3 atom stereocenters. The van der Waals surface area contributed by atoms with Gasteiger partial charge >= 0.3 is 0 Å². The van der Waals surface area contributed by atoms with Crippen molar-refractivity contribution in [2.45, 2.75) is 33.6 Å². The van der Waals surface area contributed by atoms with E-state index in [2.05, 4.69) is 19.9 Å². The second kappa shape index (κ2) is 4.54. The Kier molecular flexibility index (Phi) is 3.62. The average Bonchev–Trinajstić information content (AvgIpc) is 2.13. The zero-order valence-electron chi connectivity index (χ0n) is 9.46. The Labute approximate surface area is 87.0 Å². The first-order chi connectivity index (χ1) is 6.56. The van der Waals surface area contributed by atoms with Gasteiger partial charge in [0.1, 0.15) is 0 Å². The third-order valence-electron chi connectivity index (χ3n) is 3.35. The summed E-state index contributed by atoms with van der Waals surface area (Å²) in [6.45, 7) is 6.39. The third kappa shape index (κ3) is 2.31. The van der Waals surface area contributed by atoms with Gasteiger partial charge in [-0.25, -0.2) is 0 Å². The van der Waals surface area contributed by atoms with E-state index in [9.17, 15) is 0 Å². The topological polar surface area (TPSA) is 52.0 Å². The van der Waals surface area contributed by atoms with Crippen molar-refractivity contribution in [1.82, 2.24) is 0 Å². The van der Waals surface area contributed by atoms with Crippen LogP contribution >= 0.6 is 0 Å². The van der Waals surface area contributed by atoms with E-state index >= 15 is 0 Å². The Morgan fingerprint density at radius 1 is 1.43 bits per heavy atom. The predicted octanol–water partition coefficient (Wildman–Crippen LogP) is 2.37. The van der Waals surface area contributed by atoms with Crippen LogP contribution in [-0.4, -0.2) is 0 Å². The molecule has 1 fully saturated rings. The summed E-state index contributed by atoms with van der Waals surface area (Å²) in [5, 5.41) is 0. The molecule has 4 N–H and O–H groups in total. The Bertz CT molecular complexity index is 249. The van der Waals surface area contributed by atoms with Crippen LogP contribution in [0.2, 0.25) is 0 Å². The monoisotopic (exact) mass is 194 g/mol. The molecule has 80 valence electrons. The Morgan fingerprint density at radius 2 is 2.07 bits per heavy atom. The Hall–Kier alpha value is -0.920. The highest BCUT2D eigenvalue weighted by Crippen LogP contribution is 2.42. The molecule has 0 aromatic carbocycles. The number of hydrogen-bond donors (Lipinski definition) is 2. The van der Waals surface area contributed by atoms with Gasteiger partial charge in [-0.2, -0.15) is 0 Å². The van der Waals surface area contributed by atoms with Gasteiger partial charge in [0.05, 0.1) is 0 Å². The molecule has 0 aromatic rings. The minimum absolute atomic E-state index is 0.706. The fourth-order valence-corrected chi connectivity index (χ4v) is 2.19. The van der Waals surface area contributed by atoms with Crippen LogP contribution in [0.25, 0.3) is 0 Å². The summed E-state index contributed by atoms with van der Waals surface area (Å²) < 4.78 is 0. The minimum atomic E-state index is 0.706. The van der Waals surface area contributed by atoms with Crippen LogP contribution < -0.4 is 11.5 Å². The number of allylic oxidation sites excluding steroid dienone is 3. The van der Waals surface area contributed by atoms with Gasteiger partial charge in [-0.05, 0) is 37.2 Å². The maximum Gasteiger partial charge on any atom is 0.0498 e. The zero-order valence-corrected chi connectivity index (χ0v) is 9.46. The van der Waals surface area contributed by atoms with E-state index in [4.69, 9.17) is 11.5 Å². The van der Waals surface area contributed by atoms with Gasteiger partial charge in [-0.15, -0.1) is 0 Å². The van der Waals surface area contributed by atoms with Crippen molar-refractivity contribution in [3.63, 3.8) is 0 Å². The second-order valence-electron chi connectivity index (χ2n) is 4.46. The molecule has 1 aliphatic carbocycles. The van der Waals surface area contributed by atoms with E-state index in [0.717, 1.165) is 11.8 Å². The molecule has 1 saturated carbocycles. The molecule has 0 aromatic heterocycles. The van der Waals surface area contributed by atoms with Crippen molar-refractivity contribution < 1.29 is 0 Å². The normalized spacial score (nSPS) is 34.1. The van der Waals surface area contributed by atoms with E-state index < -0.39 is 0 Å². The van der Waals surface area contributed by atoms with E-state index in [1.807, 2.05) is 13.0 Å². The fraction of sp³-hybridized carbons (Fsp3) is 0.667. The lowest BCUT2D eigenvalue weighted by molar-refractivity contribution is 0.126. The van der Waals surface area contributed by atoms with Crippen LogP contribution in [0.4, 0.5) is 0 Å². The second-order valence-corrected chi connectivity index (χ2v) is 4.46. The molecule has 0 saturated heterocycles. The van der Waals surface area contributed by atoms with Gasteiger partial charge in [0.25, 0.3) is 0 Å². The molecule has 3 unspecified atom stereocenters. The van der Waals surface area contributed by atoms with Gasteiger partial charge in [0.15, 0.2) is 0 Å². The minimum Gasteiger partial charge on any atom is -0.401 e. The van der Waals surface area contributed by atoms with Crippen LogP contribution in [-0.2, 0) is 0 Å². The average molecular weight is 194 g/mol. The summed E-state index contributed by atoms with van der Waals surface area (Å²) in [5.41, 5.74) is 12.7. The van der Waals surface area contributed by atoms with Crippen LogP contribution in [0.3, 0.4) is 0 Å². The number of hydrogen-bond acceptors (Lipinski definition) is 2. The van der Waals surface area contributed by atoms with E-state index in [1.165, 1.54) is 12.8 Å². The van der Waals surface area contributed by atoms with Crippen LogP contribution in [0.1, 0.15) is 33.6 Å². The maximum atomic E-state index is 5.74. The molecule has 0 bridgehead atoms. The molecule has 2 heteroatoms. The lowest BCUT2D eigenvalue weighted by Gasteiger charge is -2.41. The molecule has 14 heavy (non-hydrogen) atoms. The standard InChI is InChI=1S/C12H22N2/c1-4-10-7-8(2)11(10)5-6-12(14)9(3)13/h5-6,8,10-11H,4,7,13-14H2,1-3H3/b6-5-,12-9-. The van der Waals surface area contributed by atoms with E-state index in [-0.39, 0.29) is 0 Å². The lowest BCUT2D eigenvalue weighted by atomic mass is 9.64. The van der Waals surface area contributed by atoms with E-state index in [0.29, 0.717) is 17.3 Å². The highest BCUT2D eigenvalue weighted by atomic mass is 14.7. The lowest BCUT2D eigenvalue weighted by Crippen LogP contribution is -2.32. The van der Waals surface area contributed by atoms with Gasteiger partial charge in [-0.3, -0.25) is 0 Å². The van der Waals surface area contributed by atoms with Crippen LogP contribution in [0.15, 0.2) is 23.5 Å². The summed E-state index contributed by atoms with van der Waals surface area (Å²) in [4.78, 5) is 0. The van der Waals surface area contributed by atoms with Gasteiger partial charge in [-0.1, -0.05) is 26.3 Å². The van der Waals surface area contributed by atoms with Gasteiger partial charge in [0.2, 0.25) is 0 Å². The molecule has 0 spiro atoms. The van der Waals surface area contributed by atoms with Crippen molar-refractivity contribution in [3.05, 3.63) is 23.5 Å².